The van der Waals surface area contributed by atoms with Crippen LogP contribution in [0.2, 0.25) is 0 Å². The van der Waals surface area contributed by atoms with Crippen molar-refractivity contribution in [3.8, 4) is 0 Å². The number of aromatic nitrogens is 2. The number of carbonyl (C=O) groups is 1. The summed E-state index contributed by atoms with van der Waals surface area (Å²) in [7, 11) is -3.77. The summed E-state index contributed by atoms with van der Waals surface area (Å²) in [6, 6.07) is 9.81. The Labute approximate surface area is 191 Å². The van der Waals surface area contributed by atoms with Gasteiger partial charge in [0.1, 0.15) is 11.5 Å². The van der Waals surface area contributed by atoms with Crippen LogP contribution in [0.15, 0.2) is 52.2 Å². The van der Waals surface area contributed by atoms with E-state index in [4.69, 9.17) is 0 Å². The van der Waals surface area contributed by atoms with Crippen molar-refractivity contribution in [2.45, 2.75) is 31.7 Å². The highest BCUT2D eigenvalue weighted by molar-refractivity contribution is 7.89. The number of carbonyl (C=O) groups excluding carboxylic acids is 1. The van der Waals surface area contributed by atoms with Crippen LogP contribution in [-0.4, -0.2) is 59.3 Å². The molecular formula is C23H25FN4O4S. The third kappa shape index (κ3) is 4.40. The lowest BCUT2D eigenvalue weighted by molar-refractivity contribution is 0.0764. The minimum absolute atomic E-state index is 0.0293. The molecule has 0 aliphatic carbocycles. The fraction of sp³-hybridized carbons (Fsp3) is 0.348. The summed E-state index contributed by atoms with van der Waals surface area (Å²) in [5, 5.41) is 0. The van der Waals surface area contributed by atoms with Crippen molar-refractivity contribution in [1.82, 2.24) is 18.8 Å². The van der Waals surface area contributed by atoms with Crippen molar-refractivity contribution < 1.29 is 17.6 Å². The molecule has 1 aliphatic heterocycles. The fourth-order valence-corrected chi connectivity index (χ4v) is 5.57. The number of hydrogen-bond donors (Lipinski definition) is 0. The molecule has 1 amide bonds. The molecular weight excluding hydrogens is 447 g/mol. The molecule has 0 bridgehead atoms. The van der Waals surface area contributed by atoms with Crippen LogP contribution < -0.4 is 5.56 Å². The fourth-order valence-electron chi connectivity index (χ4n) is 4.10. The normalized spacial score (nSPS) is 15.5. The Hall–Kier alpha value is -3.11. The first-order valence-corrected chi connectivity index (χ1v) is 12.2. The summed E-state index contributed by atoms with van der Waals surface area (Å²) >= 11 is 0. The molecule has 0 atom stereocenters. The molecule has 0 N–H and O–H groups in total. The third-order valence-electron chi connectivity index (χ3n) is 5.87. The Morgan fingerprint density at radius 3 is 2.48 bits per heavy atom. The number of amides is 1. The Morgan fingerprint density at radius 2 is 1.79 bits per heavy atom. The van der Waals surface area contributed by atoms with Gasteiger partial charge in [0.15, 0.2) is 0 Å². The summed E-state index contributed by atoms with van der Waals surface area (Å²) in [4.78, 5) is 31.5. The number of aryl methyl sites for hydroxylation is 2. The Kier molecular flexibility index (Phi) is 6.31. The van der Waals surface area contributed by atoms with Gasteiger partial charge in [-0.05, 0) is 62.7 Å². The van der Waals surface area contributed by atoms with Gasteiger partial charge in [-0.1, -0.05) is 0 Å². The SMILES string of the molecule is CCn1c(=O)c(C)nc2cc(C(=O)N3CCCN(S(=O)(=O)c4ccc(F)cc4)CC3)ccc21. The molecule has 0 radical (unpaired) electrons. The lowest BCUT2D eigenvalue weighted by Crippen LogP contribution is -2.37. The molecule has 1 aromatic heterocycles. The van der Waals surface area contributed by atoms with Crippen LogP contribution in [0.4, 0.5) is 4.39 Å². The van der Waals surface area contributed by atoms with Gasteiger partial charge >= 0.3 is 0 Å². The average molecular weight is 473 g/mol. The van der Waals surface area contributed by atoms with Crippen molar-refractivity contribution in [2.24, 2.45) is 0 Å². The smallest absolute Gasteiger partial charge is 0.272 e. The first-order valence-electron chi connectivity index (χ1n) is 10.8. The zero-order valence-electron chi connectivity index (χ0n) is 18.5. The highest BCUT2D eigenvalue weighted by atomic mass is 32.2. The van der Waals surface area contributed by atoms with E-state index in [2.05, 4.69) is 4.98 Å². The summed E-state index contributed by atoms with van der Waals surface area (Å²) in [5.74, 6) is -0.718. The standard InChI is InChI=1S/C23H25FN4O4S/c1-3-28-21-10-5-17(15-20(21)25-16(2)22(28)29)23(30)26-11-4-12-27(14-13-26)33(31,32)19-8-6-18(24)7-9-19/h5-10,15H,3-4,11-14H2,1-2H3. The molecule has 2 heterocycles. The number of halogens is 1. The number of nitrogens with zero attached hydrogens (tertiary/aromatic N) is 4. The molecule has 2 aromatic carbocycles. The van der Waals surface area contributed by atoms with Crippen molar-refractivity contribution in [3.63, 3.8) is 0 Å². The first kappa shape index (κ1) is 23.1. The van der Waals surface area contributed by atoms with Gasteiger partial charge in [-0.2, -0.15) is 4.31 Å². The quantitative estimate of drug-likeness (QED) is 0.582. The van der Waals surface area contributed by atoms with Gasteiger partial charge in [-0.3, -0.25) is 9.59 Å². The van der Waals surface area contributed by atoms with E-state index in [0.717, 1.165) is 12.1 Å². The molecule has 0 unspecified atom stereocenters. The lowest BCUT2D eigenvalue weighted by Gasteiger charge is -2.22. The van der Waals surface area contributed by atoms with Crippen LogP contribution in [0.1, 0.15) is 29.4 Å². The molecule has 1 aliphatic rings. The predicted octanol–water partition coefficient (Wildman–Crippen LogP) is 2.40. The minimum atomic E-state index is -3.77. The van der Waals surface area contributed by atoms with Crippen LogP contribution in [0.3, 0.4) is 0 Å². The van der Waals surface area contributed by atoms with Crippen LogP contribution in [0, 0.1) is 12.7 Å². The second-order valence-electron chi connectivity index (χ2n) is 7.95. The van der Waals surface area contributed by atoms with Crippen LogP contribution in [-0.2, 0) is 16.6 Å². The number of benzene rings is 2. The van der Waals surface area contributed by atoms with E-state index in [1.807, 2.05) is 6.92 Å². The number of sulfonamides is 1. The molecule has 3 aromatic rings. The second kappa shape index (κ2) is 9.03. The van der Waals surface area contributed by atoms with Gasteiger partial charge < -0.3 is 9.47 Å². The van der Waals surface area contributed by atoms with E-state index in [9.17, 15) is 22.4 Å². The molecule has 1 fully saturated rings. The predicted molar refractivity (Wildman–Crippen MR) is 122 cm³/mol. The van der Waals surface area contributed by atoms with Gasteiger partial charge in [0.25, 0.3) is 11.5 Å². The van der Waals surface area contributed by atoms with Crippen molar-refractivity contribution in [2.75, 3.05) is 26.2 Å². The van der Waals surface area contributed by atoms with E-state index in [0.29, 0.717) is 41.8 Å². The molecule has 174 valence electrons. The van der Waals surface area contributed by atoms with Gasteiger partial charge in [-0.15, -0.1) is 0 Å². The van der Waals surface area contributed by atoms with E-state index in [1.165, 1.54) is 16.4 Å². The summed E-state index contributed by atoms with van der Waals surface area (Å²) in [6.45, 7) is 5.08. The average Bonchev–Trinajstić information content (AvgIpc) is 3.06. The maximum absolute atomic E-state index is 13.2. The van der Waals surface area contributed by atoms with Crippen LogP contribution in [0.25, 0.3) is 11.0 Å². The van der Waals surface area contributed by atoms with Crippen molar-refractivity contribution in [1.29, 1.82) is 0 Å². The zero-order valence-corrected chi connectivity index (χ0v) is 19.3. The molecule has 4 rings (SSSR count). The molecule has 1 saturated heterocycles. The maximum Gasteiger partial charge on any atom is 0.272 e. The van der Waals surface area contributed by atoms with Gasteiger partial charge in [-0.25, -0.2) is 17.8 Å². The van der Waals surface area contributed by atoms with Gasteiger partial charge in [0, 0.05) is 38.3 Å². The highest BCUT2D eigenvalue weighted by Gasteiger charge is 2.28. The molecule has 10 heteroatoms. The van der Waals surface area contributed by atoms with Crippen LogP contribution >= 0.6 is 0 Å². The van der Waals surface area contributed by atoms with Gasteiger partial charge in [0.05, 0.1) is 15.9 Å². The summed E-state index contributed by atoms with van der Waals surface area (Å²) < 4.78 is 42.0. The molecule has 33 heavy (non-hydrogen) atoms. The van der Waals surface area contributed by atoms with E-state index < -0.39 is 15.8 Å². The number of rotatable bonds is 4. The zero-order chi connectivity index (χ0) is 23.8. The molecule has 0 spiro atoms. The lowest BCUT2D eigenvalue weighted by atomic mass is 10.1. The monoisotopic (exact) mass is 472 g/mol. The largest absolute Gasteiger partial charge is 0.337 e. The summed E-state index contributed by atoms with van der Waals surface area (Å²) in [5.41, 5.74) is 1.88. The topological polar surface area (TPSA) is 92.6 Å². The van der Waals surface area contributed by atoms with Gasteiger partial charge in [0.2, 0.25) is 10.0 Å². The molecule has 8 nitrogen and oxygen atoms in total. The Balaban J connectivity index is 1.55. The van der Waals surface area contributed by atoms with Crippen LogP contribution in [0.5, 0.6) is 0 Å². The Bertz CT molecular complexity index is 1370. The van der Waals surface area contributed by atoms with Crippen molar-refractivity contribution in [3.05, 3.63) is 69.9 Å². The number of fused-ring (bicyclic) bond motifs is 1. The van der Waals surface area contributed by atoms with E-state index >= 15 is 0 Å². The number of hydrogen-bond acceptors (Lipinski definition) is 5. The first-order chi connectivity index (χ1) is 15.7. The summed E-state index contributed by atoms with van der Waals surface area (Å²) in [6.07, 6.45) is 0.479. The van der Waals surface area contributed by atoms with E-state index in [-0.39, 0.29) is 36.0 Å². The van der Waals surface area contributed by atoms with E-state index in [1.54, 1.807) is 34.6 Å². The molecule has 0 saturated carbocycles. The minimum Gasteiger partial charge on any atom is -0.337 e. The second-order valence-corrected chi connectivity index (χ2v) is 9.89. The van der Waals surface area contributed by atoms with Crippen molar-refractivity contribution >= 4 is 27.0 Å². The third-order valence-corrected chi connectivity index (χ3v) is 7.78. The Morgan fingerprint density at radius 1 is 1.06 bits per heavy atom. The highest BCUT2D eigenvalue weighted by Crippen LogP contribution is 2.20. The maximum atomic E-state index is 13.2.